The molecule has 0 radical (unpaired) electrons. The molecule has 0 aliphatic heterocycles. The molecular weight excluding hydrogens is 506 g/mol. The number of nitrogens with zero attached hydrogens (tertiary/aromatic N) is 2. The fourth-order valence-electron chi connectivity index (χ4n) is 4.89. The topological polar surface area (TPSA) is 88.1 Å². The van der Waals surface area contributed by atoms with E-state index in [1.807, 2.05) is 77.3 Å². The number of ether oxygens (including phenoxy) is 1. The van der Waals surface area contributed by atoms with Crippen LogP contribution in [0, 0.1) is 13.8 Å². The van der Waals surface area contributed by atoms with Crippen molar-refractivity contribution in [1.29, 1.82) is 0 Å². The van der Waals surface area contributed by atoms with Crippen molar-refractivity contribution < 1.29 is 14.6 Å². The molecule has 0 fully saturated rings. The van der Waals surface area contributed by atoms with E-state index in [-0.39, 0.29) is 0 Å². The second-order valence-electron chi connectivity index (χ2n) is 10.5. The number of carbonyl (C=O) groups is 1. The van der Waals surface area contributed by atoms with E-state index in [2.05, 4.69) is 16.0 Å². The number of fused-ring (bicyclic) bond motifs is 2. The van der Waals surface area contributed by atoms with Gasteiger partial charge in [-0.15, -0.1) is 11.3 Å². The van der Waals surface area contributed by atoms with Crippen molar-refractivity contribution >= 4 is 50.2 Å². The summed E-state index contributed by atoms with van der Waals surface area (Å²) < 4.78 is 7.16. The highest BCUT2D eigenvalue weighted by Crippen LogP contribution is 2.46. The molecule has 0 aliphatic rings. The van der Waals surface area contributed by atoms with Crippen molar-refractivity contribution in [3.05, 3.63) is 70.5 Å². The highest BCUT2D eigenvalue weighted by Gasteiger charge is 2.43. The molecular formula is C29H28ClN3O3S. The normalized spacial score (nSPS) is 13.8. The first kappa shape index (κ1) is 25.4. The third kappa shape index (κ3) is 4.52. The largest absolute Gasteiger partial charge is 0.479 e. The number of thiazole rings is 1. The van der Waals surface area contributed by atoms with Gasteiger partial charge in [0.05, 0.1) is 15.8 Å². The fourth-order valence-corrected chi connectivity index (χ4v) is 6.12. The Balaban J connectivity index is 1.83. The quantitative estimate of drug-likeness (QED) is 0.240. The number of carboxylic acids is 1. The summed E-state index contributed by atoms with van der Waals surface area (Å²) >= 11 is 7.73. The molecule has 0 aliphatic carbocycles. The minimum absolute atomic E-state index is 0.604. The second-order valence-corrected chi connectivity index (χ2v) is 11.9. The van der Waals surface area contributed by atoms with Crippen LogP contribution in [0.3, 0.4) is 0 Å². The van der Waals surface area contributed by atoms with Crippen molar-refractivity contribution in [2.45, 2.75) is 52.7 Å². The molecule has 1 atom stereocenters. The van der Waals surface area contributed by atoms with Gasteiger partial charge in [0, 0.05) is 39.5 Å². The van der Waals surface area contributed by atoms with Crippen LogP contribution in [0.15, 0.2) is 48.8 Å². The van der Waals surface area contributed by atoms with Crippen molar-refractivity contribution in [3.8, 4) is 21.7 Å². The molecule has 8 heteroatoms. The van der Waals surface area contributed by atoms with Crippen LogP contribution in [0.25, 0.3) is 42.9 Å². The summed E-state index contributed by atoms with van der Waals surface area (Å²) in [5, 5.41) is 12.9. The van der Waals surface area contributed by atoms with Gasteiger partial charge in [0.15, 0.2) is 5.60 Å². The Hall–Kier alpha value is -3.26. The van der Waals surface area contributed by atoms with E-state index < -0.39 is 17.2 Å². The molecule has 3 heterocycles. The smallest absolute Gasteiger partial charge is 0.340 e. The third-order valence-electron chi connectivity index (χ3n) is 6.39. The minimum Gasteiger partial charge on any atom is -0.479 e. The molecule has 0 spiro atoms. The van der Waals surface area contributed by atoms with Crippen molar-refractivity contribution in [1.82, 2.24) is 15.0 Å². The average molecular weight is 534 g/mol. The lowest BCUT2D eigenvalue weighted by Crippen LogP contribution is -2.42. The lowest BCUT2D eigenvalue weighted by Gasteiger charge is -2.36. The van der Waals surface area contributed by atoms with Gasteiger partial charge in [0.1, 0.15) is 10.7 Å². The van der Waals surface area contributed by atoms with Gasteiger partial charge in [0.25, 0.3) is 0 Å². The maximum absolute atomic E-state index is 12.8. The molecule has 6 nitrogen and oxygen atoms in total. The first-order chi connectivity index (χ1) is 17.4. The molecule has 2 aromatic carbocycles. The standard InChI is InChI=1S/C29H28ClN3O3S/c1-15-11-21-24(37-26(33-21)18-12-20-16(2)13-31-25(20)32-14-18)22(17-7-9-19(30)10-8-17)23(15)29(6,27(34)35)36-28(3,4)5/h7-14H,1-6H3,(H,31,32)(H,34,35)/t29-/m0/s1. The lowest BCUT2D eigenvalue weighted by molar-refractivity contribution is -0.183. The van der Waals surface area contributed by atoms with Crippen LogP contribution in [0.5, 0.6) is 0 Å². The third-order valence-corrected chi connectivity index (χ3v) is 7.78. The number of aliphatic carboxylic acids is 1. The number of hydrogen-bond donors (Lipinski definition) is 2. The van der Waals surface area contributed by atoms with E-state index in [1.54, 1.807) is 6.92 Å². The number of aromatic nitrogens is 3. The first-order valence-corrected chi connectivity index (χ1v) is 13.1. The molecule has 2 N–H and O–H groups in total. The predicted octanol–water partition coefficient (Wildman–Crippen LogP) is 7.89. The number of aromatic amines is 1. The summed E-state index contributed by atoms with van der Waals surface area (Å²) in [4.78, 5) is 25.5. The van der Waals surface area contributed by atoms with Crippen molar-refractivity contribution in [2.75, 3.05) is 0 Å². The molecule has 0 saturated carbocycles. The monoisotopic (exact) mass is 533 g/mol. The molecule has 3 aromatic heterocycles. The summed E-state index contributed by atoms with van der Waals surface area (Å²) in [6.45, 7) is 11.2. The minimum atomic E-state index is -1.60. The number of benzene rings is 2. The Morgan fingerprint density at radius 2 is 1.76 bits per heavy atom. The molecule has 37 heavy (non-hydrogen) atoms. The first-order valence-electron chi connectivity index (χ1n) is 12.0. The number of pyridine rings is 1. The number of aryl methyl sites for hydroxylation is 2. The maximum atomic E-state index is 12.8. The summed E-state index contributed by atoms with van der Waals surface area (Å²) in [5.74, 6) is -1.05. The molecule has 0 unspecified atom stereocenters. The van der Waals surface area contributed by atoms with Crippen LogP contribution in [-0.2, 0) is 15.1 Å². The van der Waals surface area contributed by atoms with Gasteiger partial charge in [-0.1, -0.05) is 23.7 Å². The van der Waals surface area contributed by atoms with E-state index in [0.29, 0.717) is 10.6 Å². The van der Waals surface area contributed by atoms with Gasteiger partial charge in [0.2, 0.25) is 0 Å². The summed E-state index contributed by atoms with van der Waals surface area (Å²) in [5.41, 5.74) is 4.39. The van der Waals surface area contributed by atoms with Gasteiger partial charge in [-0.25, -0.2) is 14.8 Å². The summed E-state index contributed by atoms with van der Waals surface area (Å²) in [6, 6.07) is 11.5. The Labute approximate surface area is 224 Å². The Morgan fingerprint density at radius 1 is 1.05 bits per heavy atom. The molecule has 0 saturated heterocycles. The highest BCUT2D eigenvalue weighted by atomic mass is 35.5. The van der Waals surface area contributed by atoms with Gasteiger partial charge >= 0.3 is 5.97 Å². The lowest BCUT2D eigenvalue weighted by atomic mass is 9.84. The van der Waals surface area contributed by atoms with Gasteiger partial charge in [-0.05, 0) is 82.5 Å². The van der Waals surface area contributed by atoms with Crippen LogP contribution in [0.1, 0.15) is 44.4 Å². The molecule has 0 bridgehead atoms. The Bertz CT molecular complexity index is 1660. The number of halogens is 1. The van der Waals surface area contributed by atoms with Crippen molar-refractivity contribution in [2.24, 2.45) is 0 Å². The molecule has 190 valence electrons. The van der Waals surface area contributed by atoms with Crippen LogP contribution in [0.4, 0.5) is 0 Å². The summed E-state index contributed by atoms with van der Waals surface area (Å²) in [7, 11) is 0. The van der Waals surface area contributed by atoms with E-state index in [1.165, 1.54) is 11.3 Å². The SMILES string of the molecule is Cc1cc2nc(-c3cnc4[nH]cc(C)c4c3)sc2c(-c2ccc(Cl)cc2)c1[C@](C)(OC(C)(C)C)C(=O)O. The van der Waals surface area contributed by atoms with E-state index in [0.717, 1.165) is 54.1 Å². The van der Waals surface area contributed by atoms with Crippen LogP contribution >= 0.6 is 22.9 Å². The number of nitrogens with one attached hydrogen (secondary N) is 1. The Kier molecular flexibility index (Phi) is 6.14. The molecule has 5 rings (SSSR count). The number of rotatable bonds is 5. The van der Waals surface area contributed by atoms with Gasteiger partial charge in [-0.3, -0.25) is 0 Å². The highest BCUT2D eigenvalue weighted by molar-refractivity contribution is 7.22. The van der Waals surface area contributed by atoms with Gasteiger partial charge in [-0.2, -0.15) is 0 Å². The zero-order valence-corrected chi connectivity index (χ0v) is 23.1. The Morgan fingerprint density at radius 3 is 2.41 bits per heavy atom. The summed E-state index contributed by atoms with van der Waals surface area (Å²) in [6.07, 6.45) is 3.76. The van der Waals surface area contributed by atoms with Crippen LogP contribution in [0.2, 0.25) is 5.02 Å². The maximum Gasteiger partial charge on any atom is 0.340 e. The average Bonchev–Trinajstić information content (AvgIpc) is 3.40. The number of H-pyrrole nitrogens is 1. The predicted molar refractivity (Wildman–Crippen MR) is 150 cm³/mol. The van der Waals surface area contributed by atoms with E-state index in [9.17, 15) is 9.90 Å². The second kappa shape index (κ2) is 8.94. The zero-order valence-electron chi connectivity index (χ0n) is 21.6. The molecule has 5 aromatic rings. The number of hydrogen-bond acceptors (Lipinski definition) is 5. The van der Waals surface area contributed by atoms with Crippen LogP contribution in [-0.4, -0.2) is 31.6 Å². The number of carboxylic acid groups (broad SMARTS) is 1. The van der Waals surface area contributed by atoms with Crippen molar-refractivity contribution in [3.63, 3.8) is 0 Å². The van der Waals surface area contributed by atoms with E-state index in [4.69, 9.17) is 21.3 Å². The fraction of sp³-hybridized carbons (Fsp3) is 0.276. The zero-order chi connectivity index (χ0) is 26.7. The van der Waals surface area contributed by atoms with Crippen LogP contribution < -0.4 is 0 Å². The molecule has 0 amide bonds. The van der Waals surface area contributed by atoms with E-state index >= 15 is 0 Å². The van der Waals surface area contributed by atoms with Gasteiger partial charge < -0.3 is 14.8 Å².